The minimum atomic E-state index is 0.0873. The van der Waals surface area contributed by atoms with Crippen LogP contribution in [0.5, 0.6) is 0 Å². The minimum absolute atomic E-state index is 0.0873. The third kappa shape index (κ3) is 2.84. The molecule has 5 heteroatoms. The van der Waals surface area contributed by atoms with Crippen LogP contribution in [-0.4, -0.2) is 48.1 Å². The maximum atomic E-state index is 12.1. The normalized spacial score (nSPS) is 24.9. The van der Waals surface area contributed by atoms with E-state index >= 15 is 0 Å². The first-order chi connectivity index (χ1) is 8.09. The molecule has 1 fully saturated rings. The molecule has 0 aliphatic carbocycles. The largest absolute Gasteiger partial charge is 0.323 e. The van der Waals surface area contributed by atoms with Crippen molar-refractivity contribution in [3.8, 4) is 0 Å². The van der Waals surface area contributed by atoms with Crippen LogP contribution < -0.4 is 0 Å². The quantitative estimate of drug-likeness (QED) is 0.838. The number of hydrogen-bond donors (Lipinski definition) is 0. The number of carbonyl (C=O) groups excluding carboxylic acids is 1. The van der Waals surface area contributed by atoms with Crippen molar-refractivity contribution in [2.75, 3.05) is 27.2 Å². The van der Waals surface area contributed by atoms with E-state index in [9.17, 15) is 4.79 Å². The zero-order valence-corrected chi connectivity index (χ0v) is 12.1. The SMILES string of the molecule is C[C@H]1S[C@H](c2cccs2)N(CCN(C)C)C1=O. The molecule has 1 saturated heterocycles. The van der Waals surface area contributed by atoms with Crippen molar-refractivity contribution in [3.63, 3.8) is 0 Å². The molecule has 2 rings (SSSR count). The van der Waals surface area contributed by atoms with E-state index in [1.54, 1.807) is 23.1 Å². The molecule has 0 N–H and O–H groups in total. The van der Waals surface area contributed by atoms with Gasteiger partial charge in [0.05, 0.1) is 5.25 Å². The topological polar surface area (TPSA) is 23.6 Å². The third-order valence-corrected chi connectivity index (χ3v) is 5.27. The molecule has 1 aromatic rings. The van der Waals surface area contributed by atoms with Crippen LogP contribution in [0.4, 0.5) is 0 Å². The highest BCUT2D eigenvalue weighted by atomic mass is 32.2. The maximum Gasteiger partial charge on any atom is 0.236 e. The first-order valence-electron chi connectivity index (χ1n) is 5.73. The van der Waals surface area contributed by atoms with Gasteiger partial charge in [0.25, 0.3) is 0 Å². The van der Waals surface area contributed by atoms with Crippen LogP contribution in [0.25, 0.3) is 0 Å². The van der Waals surface area contributed by atoms with Crippen molar-refractivity contribution in [1.82, 2.24) is 9.80 Å². The van der Waals surface area contributed by atoms with Crippen LogP contribution in [-0.2, 0) is 4.79 Å². The fourth-order valence-corrected chi connectivity index (χ4v) is 4.12. The molecular weight excluding hydrogens is 252 g/mol. The molecule has 3 nitrogen and oxygen atoms in total. The highest BCUT2D eigenvalue weighted by molar-refractivity contribution is 8.01. The number of likely N-dealkylation sites (N-methyl/N-ethyl adjacent to an activating group) is 1. The average Bonchev–Trinajstić information content (AvgIpc) is 2.87. The van der Waals surface area contributed by atoms with Crippen molar-refractivity contribution in [1.29, 1.82) is 0 Å². The lowest BCUT2D eigenvalue weighted by Crippen LogP contribution is -2.35. The van der Waals surface area contributed by atoms with Gasteiger partial charge in [-0.25, -0.2) is 0 Å². The molecular formula is C12H18N2OS2. The van der Waals surface area contributed by atoms with Crippen molar-refractivity contribution in [3.05, 3.63) is 22.4 Å². The number of hydrogen-bond acceptors (Lipinski definition) is 4. The summed E-state index contributed by atoms with van der Waals surface area (Å²) in [4.78, 5) is 17.5. The van der Waals surface area contributed by atoms with E-state index < -0.39 is 0 Å². The van der Waals surface area contributed by atoms with Crippen LogP contribution in [0.2, 0.25) is 0 Å². The Bertz CT molecular complexity index is 378. The predicted octanol–water partition coefficient (Wildman–Crippen LogP) is 2.27. The molecule has 0 radical (unpaired) electrons. The Labute approximate surface area is 111 Å². The van der Waals surface area contributed by atoms with Gasteiger partial charge in [0, 0.05) is 18.0 Å². The lowest BCUT2D eigenvalue weighted by atomic mass is 10.3. The van der Waals surface area contributed by atoms with Crippen LogP contribution in [0.3, 0.4) is 0 Å². The second-order valence-electron chi connectivity index (χ2n) is 4.48. The molecule has 0 spiro atoms. The van der Waals surface area contributed by atoms with Crippen molar-refractivity contribution >= 4 is 29.0 Å². The van der Waals surface area contributed by atoms with Crippen molar-refractivity contribution in [2.45, 2.75) is 17.5 Å². The molecule has 1 aromatic heterocycles. The smallest absolute Gasteiger partial charge is 0.236 e. The van der Waals surface area contributed by atoms with Gasteiger partial charge in [-0.3, -0.25) is 4.79 Å². The predicted molar refractivity (Wildman–Crippen MR) is 74.4 cm³/mol. The van der Waals surface area contributed by atoms with Crippen LogP contribution in [0.15, 0.2) is 17.5 Å². The number of thiophene rings is 1. The Kier molecular flexibility index (Phi) is 4.12. The average molecular weight is 270 g/mol. The fraction of sp³-hybridized carbons (Fsp3) is 0.583. The number of carbonyl (C=O) groups is 1. The molecule has 17 heavy (non-hydrogen) atoms. The van der Waals surface area contributed by atoms with E-state index in [4.69, 9.17) is 0 Å². The van der Waals surface area contributed by atoms with Gasteiger partial charge >= 0.3 is 0 Å². The number of rotatable bonds is 4. The number of nitrogens with zero attached hydrogens (tertiary/aromatic N) is 2. The summed E-state index contributed by atoms with van der Waals surface area (Å²) >= 11 is 3.49. The zero-order valence-electron chi connectivity index (χ0n) is 10.4. The summed E-state index contributed by atoms with van der Waals surface area (Å²) in [5.74, 6) is 0.273. The van der Waals surface area contributed by atoms with Crippen molar-refractivity contribution < 1.29 is 4.79 Å². The summed E-state index contributed by atoms with van der Waals surface area (Å²) in [5.41, 5.74) is 0. The van der Waals surface area contributed by atoms with Gasteiger partial charge in [-0.2, -0.15) is 0 Å². The van der Waals surface area contributed by atoms with Gasteiger partial charge in [-0.15, -0.1) is 23.1 Å². The Hall–Kier alpha value is -0.520. The molecule has 2 atom stereocenters. The second-order valence-corrected chi connectivity index (χ2v) is 6.89. The molecule has 94 valence electrons. The molecule has 0 bridgehead atoms. The third-order valence-electron chi connectivity index (χ3n) is 2.82. The lowest BCUT2D eigenvalue weighted by molar-refractivity contribution is -0.129. The van der Waals surface area contributed by atoms with Gasteiger partial charge in [0.15, 0.2) is 0 Å². The lowest BCUT2D eigenvalue weighted by Gasteiger charge is -2.24. The van der Waals surface area contributed by atoms with E-state index in [2.05, 4.69) is 22.4 Å². The van der Waals surface area contributed by atoms with E-state index in [0.717, 1.165) is 13.1 Å². The van der Waals surface area contributed by atoms with Gasteiger partial charge in [-0.05, 0) is 32.5 Å². The standard InChI is InChI=1S/C12H18N2OS2/c1-9-11(15)14(7-6-13(2)3)12(17-9)10-5-4-8-16-10/h4-5,8-9,12H,6-7H2,1-3H3/t9-,12-/m1/s1. The second kappa shape index (κ2) is 5.42. The summed E-state index contributed by atoms with van der Waals surface area (Å²) < 4.78 is 0. The van der Waals surface area contributed by atoms with Crippen LogP contribution in [0.1, 0.15) is 17.2 Å². The van der Waals surface area contributed by atoms with Gasteiger partial charge in [-0.1, -0.05) is 6.07 Å². The molecule has 1 amide bonds. The highest BCUT2D eigenvalue weighted by Crippen LogP contribution is 2.44. The summed E-state index contributed by atoms with van der Waals surface area (Å²) in [7, 11) is 4.08. The summed E-state index contributed by atoms with van der Waals surface area (Å²) in [6, 6.07) is 4.18. The Morgan fingerprint density at radius 1 is 1.47 bits per heavy atom. The van der Waals surface area contributed by atoms with Gasteiger partial charge in [0.1, 0.15) is 5.37 Å². The van der Waals surface area contributed by atoms with E-state index in [1.165, 1.54) is 4.88 Å². The van der Waals surface area contributed by atoms with Gasteiger partial charge < -0.3 is 9.80 Å². The maximum absolute atomic E-state index is 12.1. The minimum Gasteiger partial charge on any atom is -0.323 e. The first-order valence-corrected chi connectivity index (χ1v) is 7.56. The van der Waals surface area contributed by atoms with E-state index in [0.29, 0.717) is 0 Å². The van der Waals surface area contributed by atoms with Gasteiger partial charge in [0.2, 0.25) is 5.91 Å². The monoisotopic (exact) mass is 270 g/mol. The highest BCUT2D eigenvalue weighted by Gasteiger charge is 2.38. The molecule has 1 aliphatic heterocycles. The molecule has 0 saturated carbocycles. The molecule has 2 heterocycles. The molecule has 0 aromatic carbocycles. The number of thioether (sulfide) groups is 1. The van der Waals surface area contributed by atoms with Crippen LogP contribution in [0, 0.1) is 0 Å². The zero-order chi connectivity index (χ0) is 12.4. The summed E-state index contributed by atoms with van der Waals surface area (Å²) in [6.45, 7) is 3.73. The van der Waals surface area contributed by atoms with Crippen molar-refractivity contribution in [2.24, 2.45) is 0 Å². The molecule has 1 aliphatic rings. The van der Waals surface area contributed by atoms with E-state index in [1.807, 2.05) is 25.9 Å². The van der Waals surface area contributed by atoms with Crippen LogP contribution >= 0.6 is 23.1 Å². The molecule has 0 unspecified atom stereocenters. The number of amides is 1. The first kappa shape index (κ1) is 12.9. The summed E-state index contributed by atoms with van der Waals surface area (Å²) in [6.07, 6.45) is 0. The van der Waals surface area contributed by atoms with E-state index in [-0.39, 0.29) is 16.5 Å². The fourth-order valence-electron chi connectivity index (χ4n) is 1.86. The Morgan fingerprint density at radius 3 is 2.82 bits per heavy atom. The Balaban J connectivity index is 2.11. The Morgan fingerprint density at radius 2 is 2.24 bits per heavy atom. The summed E-state index contributed by atoms with van der Waals surface area (Å²) in [5, 5.41) is 2.38.